The van der Waals surface area contributed by atoms with E-state index in [-0.39, 0.29) is 17.2 Å². The first kappa shape index (κ1) is 12.1. The van der Waals surface area contributed by atoms with E-state index in [9.17, 15) is 4.79 Å². The highest BCUT2D eigenvalue weighted by Gasteiger charge is 2.31. The summed E-state index contributed by atoms with van der Waals surface area (Å²) in [7, 11) is 0. The van der Waals surface area contributed by atoms with Crippen LogP contribution in [0.1, 0.15) is 32.9 Å². The van der Waals surface area contributed by atoms with Gasteiger partial charge in [0, 0.05) is 30.1 Å². The molecule has 0 radical (unpaired) electrons. The van der Waals surface area contributed by atoms with E-state index in [1.165, 1.54) is 0 Å². The summed E-state index contributed by atoms with van der Waals surface area (Å²) in [5.74, 6) is 1.10. The lowest BCUT2D eigenvalue weighted by Gasteiger charge is -2.15. The van der Waals surface area contributed by atoms with Crippen molar-refractivity contribution in [2.45, 2.75) is 32.6 Å². The first-order chi connectivity index (χ1) is 7.91. The van der Waals surface area contributed by atoms with Gasteiger partial charge in [-0.15, -0.1) is 0 Å². The number of aromatic nitrogens is 2. The third kappa shape index (κ3) is 2.34. The number of hydrogen-bond acceptors (Lipinski definition) is 3. The second-order valence-corrected chi connectivity index (χ2v) is 5.70. The molecule has 0 aliphatic carbocycles. The summed E-state index contributed by atoms with van der Waals surface area (Å²) in [4.78, 5) is 13.5. The van der Waals surface area contributed by atoms with Gasteiger partial charge in [0.25, 0.3) is 0 Å². The first-order valence-electron chi connectivity index (χ1n) is 5.98. The lowest BCUT2D eigenvalue weighted by molar-refractivity contribution is -0.117. The Hall–Kier alpha value is -1.36. The average Bonchev–Trinajstić information content (AvgIpc) is 2.82. The number of nitrogens with two attached hydrogens (primary N) is 1. The van der Waals surface area contributed by atoms with Crippen molar-refractivity contribution in [1.82, 2.24) is 10.2 Å². The predicted molar refractivity (Wildman–Crippen MR) is 66.8 cm³/mol. The van der Waals surface area contributed by atoms with E-state index in [0.717, 1.165) is 11.5 Å². The van der Waals surface area contributed by atoms with Crippen molar-refractivity contribution in [1.29, 1.82) is 0 Å². The molecule has 1 atom stereocenters. The molecule has 0 bridgehead atoms. The fourth-order valence-electron chi connectivity index (χ4n) is 1.99. The summed E-state index contributed by atoms with van der Waals surface area (Å²) < 4.78 is 0. The molecule has 1 aliphatic heterocycles. The van der Waals surface area contributed by atoms with Crippen LogP contribution in [0.3, 0.4) is 0 Å². The molecule has 5 nitrogen and oxygen atoms in total. The van der Waals surface area contributed by atoms with Crippen molar-refractivity contribution < 1.29 is 4.79 Å². The van der Waals surface area contributed by atoms with E-state index in [1.54, 1.807) is 4.90 Å². The van der Waals surface area contributed by atoms with Gasteiger partial charge in [0.2, 0.25) is 5.91 Å². The van der Waals surface area contributed by atoms with E-state index >= 15 is 0 Å². The van der Waals surface area contributed by atoms with Gasteiger partial charge in [-0.05, 0) is 12.5 Å². The third-order valence-corrected chi connectivity index (χ3v) is 3.19. The van der Waals surface area contributed by atoms with Crippen LogP contribution in [0.25, 0.3) is 0 Å². The number of amides is 1. The van der Waals surface area contributed by atoms with Crippen LogP contribution in [0.15, 0.2) is 6.07 Å². The van der Waals surface area contributed by atoms with E-state index in [1.807, 2.05) is 6.07 Å². The van der Waals surface area contributed by atoms with E-state index in [0.29, 0.717) is 19.5 Å². The number of hydrogen-bond donors (Lipinski definition) is 2. The van der Waals surface area contributed by atoms with Crippen molar-refractivity contribution in [3.05, 3.63) is 11.8 Å². The molecule has 94 valence electrons. The summed E-state index contributed by atoms with van der Waals surface area (Å²) in [6, 6.07) is 1.96. The van der Waals surface area contributed by atoms with Crippen LogP contribution in [0.4, 0.5) is 5.82 Å². The van der Waals surface area contributed by atoms with Gasteiger partial charge in [0.1, 0.15) is 0 Å². The number of rotatable bonds is 2. The molecule has 0 spiro atoms. The zero-order chi connectivity index (χ0) is 12.6. The molecule has 1 fully saturated rings. The second kappa shape index (κ2) is 4.14. The number of aromatic amines is 1. The summed E-state index contributed by atoms with van der Waals surface area (Å²) in [5, 5.41) is 7.22. The van der Waals surface area contributed by atoms with E-state index in [2.05, 4.69) is 31.0 Å². The Morgan fingerprint density at radius 1 is 1.59 bits per heavy atom. The highest BCUT2D eigenvalue weighted by molar-refractivity contribution is 5.94. The first-order valence-corrected chi connectivity index (χ1v) is 5.98. The molecule has 1 amide bonds. The molecule has 2 rings (SSSR count). The maximum atomic E-state index is 11.8. The topological polar surface area (TPSA) is 75.0 Å². The Kier molecular flexibility index (Phi) is 2.95. The van der Waals surface area contributed by atoms with Gasteiger partial charge >= 0.3 is 0 Å². The van der Waals surface area contributed by atoms with Crippen LogP contribution in [-0.2, 0) is 10.2 Å². The number of anilines is 1. The maximum Gasteiger partial charge on any atom is 0.228 e. The lowest BCUT2D eigenvalue weighted by Crippen LogP contribution is -2.26. The molecule has 5 heteroatoms. The van der Waals surface area contributed by atoms with Crippen LogP contribution in [0.2, 0.25) is 0 Å². The minimum atomic E-state index is 0.0152. The minimum absolute atomic E-state index is 0.0152. The minimum Gasteiger partial charge on any atom is -0.330 e. The lowest BCUT2D eigenvalue weighted by atomic mass is 9.92. The molecule has 3 N–H and O–H groups in total. The molecular formula is C12H20N4O. The highest BCUT2D eigenvalue weighted by Crippen LogP contribution is 2.27. The Morgan fingerprint density at radius 3 is 2.76 bits per heavy atom. The zero-order valence-corrected chi connectivity index (χ0v) is 10.7. The van der Waals surface area contributed by atoms with Crippen molar-refractivity contribution in [3.63, 3.8) is 0 Å². The Bertz CT molecular complexity index is 418. The Morgan fingerprint density at radius 2 is 2.29 bits per heavy atom. The normalized spacial score (nSPS) is 21.3. The summed E-state index contributed by atoms with van der Waals surface area (Å²) >= 11 is 0. The number of nitrogens with one attached hydrogen (secondary N) is 1. The Balaban J connectivity index is 2.19. The number of H-pyrrole nitrogens is 1. The second-order valence-electron chi connectivity index (χ2n) is 5.70. The maximum absolute atomic E-state index is 11.8. The third-order valence-electron chi connectivity index (χ3n) is 3.19. The molecule has 0 aromatic carbocycles. The monoisotopic (exact) mass is 236 g/mol. The quantitative estimate of drug-likeness (QED) is 0.805. The largest absolute Gasteiger partial charge is 0.330 e. The van der Waals surface area contributed by atoms with Gasteiger partial charge in [-0.25, -0.2) is 0 Å². The van der Waals surface area contributed by atoms with Crippen molar-refractivity contribution >= 4 is 11.7 Å². The van der Waals surface area contributed by atoms with Crippen molar-refractivity contribution in [3.8, 4) is 0 Å². The fourth-order valence-corrected chi connectivity index (χ4v) is 1.99. The van der Waals surface area contributed by atoms with Gasteiger partial charge in [-0.2, -0.15) is 5.10 Å². The molecule has 2 heterocycles. The zero-order valence-electron chi connectivity index (χ0n) is 10.7. The van der Waals surface area contributed by atoms with Crippen LogP contribution in [0.5, 0.6) is 0 Å². The van der Waals surface area contributed by atoms with Gasteiger partial charge in [-0.3, -0.25) is 14.8 Å². The highest BCUT2D eigenvalue weighted by atomic mass is 16.2. The predicted octanol–water partition coefficient (Wildman–Crippen LogP) is 1.02. The average molecular weight is 236 g/mol. The standard InChI is InChI=1S/C12H20N4O/c1-12(2,3)9-5-10(15-14-9)16-7-8(6-13)4-11(16)17/h5,8H,4,6-7,13H2,1-3H3,(H,14,15). The van der Waals surface area contributed by atoms with Gasteiger partial charge in [-0.1, -0.05) is 20.8 Å². The summed E-state index contributed by atoms with van der Waals surface area (Å²) in [5.41, 5.74) is 6.66. The van der Waals surface area contributed by atoms with Gasteiger partial charge < -0.3 is 5.73 Å². The number of nitrogens with zero attached hydrogens (tertiary/aromatic N) is 2. The number of carbonyl (C=O) groups is 1. The fraction of sp³-hybridized carbons (Fsp3) is 0.667. The van der Waals surface area contributed by atoms with Crippen LogP contribution < -0.4 is 10.6 Å². The number of carbonyl (C=O) groups excluding carboxylic acids is 1. The van der Waals surface area contributed by atoms with Gasteiger partial charge in [0.15, 0.2) is 5.82 Å². The molecule has 1 aromatic heterocycles. The van der Waals surface area contributed by atoms with Crippen LogP contribution in [-0.4, -0.2) is 29.2 Å². The molecule has 1 aromatic rings. The molecule has 0 saturated carbocycles. The van der Waals surface area contributed by atoms with Crippen LogP contribution in [0, 0.1) is 5.92 Å². The molecular weight excluding hydrogens is 216 g/mol. The smallest absolute Gasteiger partial charge is 0.228 e. The van der Waals surface area contributed by atoms with Crippen LogP contribution >= 0.6 is 0 Å². The van der Waals surface area contributed by atoms with Crippen molar-refractivity contribution in [2.24, 2.45) is 11.7 Å². The molecule has 17 heavy (non-hydrogen) atoms. The van der Waals surface area contributed by atoms with Crippen molar-refractivity contribution in [2.75, 3.05) is 18.0 Å². The van der Waals surface area contributed by atoms with Gasteiger partial charge in [0.05, 0.1) is 0 Å². The molecule has 1 aliphatic rings. The van der Waals surface area contributed by atoms with E-state index in [4.69, 9.17) is 5.73 Å². The summed E-state index contributed by atoms with van der Waals surface area (Å²) in [6.07, 6.45) is 0.536. The molecule has 1 unspecified atom stereocenters. The van der Waals surface area contributed by atoms with E-state index < -0.39 is 0 Å². The Labute approximate surface area is 101 Å². The summed E-state index contributed by atoms with van der Waals surface area (Å²) in [6.45, 7) is 7.57. The SMILES string of the molecule is CC(C)(C)c1cc(N2CC(CN)CC2=O)n[nH]1. The molecule has 1 saturated heterocycles.